The molecule has 0 aromatic carbocycles. The van der Waals surface area contributed by atoms with Gasteiger partial charge < -0.3 is 15.0 Å². The molecule has 3 fully saturated rings. The number of amides is 1. The van der Waals surface area contributed by atoms with E-state index in [9.17, 15) is 18.0 Å². The lowest BCUT2D eigenvalue weighted by atomic mass is 9.87. The van der Waals surface area contributed by atoms with Gasteiger partial charge in [-0.3, -0.25) is 9.78 Å². The predicted molar refractivity (Wildman–Crippen MR) is 130 cm³/mol. The summed E-state index contributed by atoms with van der Waals surface area (Å²) < 4.78 is 45.5. The molecule has 4 heterocycles. The highest BCUT2D eigenvalue weighted by Gasteiger charge is 2.44. The Morgan fingerprint density at radius 2 is 1.91 bits per heavy atom. The number of hydrogen-bond acceptors (Lipinski definition) is 6. The SMILES string of the molecule is CC1(C)CC(C(=O)N2CC3CC(Nc4ccc(-c5cccnc5C(F)(F)F)nn4)CC3C2)CCO1.[HH].[HH].[HH]. The third kappa shape index (κ3) is 5.12. The molecule has 1 saturated carbocycles. The van der Waals surface area contributed by atoms with E-state index in [0.29, 0.717) is 24.3 Å². The van der Waals surface area contributed by atoms with Crippen LogP contribution < -0.4 is 5.32 Å². The molecule has 2 aliphatic heterocycles. The van der Waals surface area contributed by atoms with Crippen molar-refractivity contribution < 1.29 is 27.0 Å². The van der Waals surface area contributed by atoms with Gasteiger partial charge >= 0.3 is 6.18 Å². The number of likely N-dealkylation sites (tertiary alicyclic amines) is 1. The van der Waals surface area contributed by atoms with E-state index >= 15 is 0 Å². The minimum Gasteiger partial charge on any atom is -0.376 e. The number of fused-ring (bicyclic) bond motifs is 1. The van der Waals surface area contributed by atoms with Crippen molar-refractivity contribution in [1.82, 2.24) is 20.1 Å². The van der Waals surface area contributed by atoms with Gasteiger partial charge in [-0.25, -0.2) is 0 Å². The Hall–Kier alpha value is -2.75. The van der Waals surface area contributed by atoms with E-state index in [-0.39, 0.29) is 39.0 Å². The monoisotopic (exact) mass is 495 g/mol. The largest absolute Gasteiger partial charge is 0.434 e. The van der Waals surface area contributed by atoms with Crippen LogP contribution in [0.1, 0.15) is 49.5 Å². The van der Waals surface area contributed by atoms with E-state index in [1.807, 2.05) is 18.7 Å². The number of pyridine rings is 1. The van der Waals surface area contributed by atoms with Crippen LogP contribution in [0, 0.1) is 17.8 Å². The second-order valence-electron chi connectivity index (χ2n) is 10.6. The molecule has 194 valence electrons. The zero-order valence-corrected chi connectivity index (χ0v) is 19.9. The van der Waals surface area contributed by atoms with Crippen molar-refractivity contribution in [3.63, 3.8) is 0 Å². The van der Waals surface area contributed by atoms with Gasteiger partial charge in [-0.15, -0.1) is 10.2 Å². The van der Waals surface area contributed by atoms with Gasteiger partial charge in [0.05, 0.1) is 11.3 Å². The van der Waals surface area contributed by atoms with Gasteiger partial charge in [-0.2, -0.15) is 13.2 Å². The number of anilines is 1. The minimum absolute atomic E-state index is 0. The molecule has 0 bridgehead atoms. The van der Waals surface area contributed by atoms with Crippen LogP contribution in [0.15, 0.2) is 30.5 Å². The maximum absolute atomic E-state index is 13.3. The van der Waals surface area contributed by atoms with Gasteiger partial charge in [-0.05, 0) is 75.6 Å². The predicted octanol–water partition coefficient (Wildman–Crippen LogP) is 5.15. The molecule has 1 N–H and O–H groups in total. The average Bonchev–Trinajstić information content (AvgIpc) is 3.36. The van der Waals surface area contributed by atoms with Gasteiger partial charge in [0.1, 0.15) is 5.82 Å². The third-order valence-electron chi connectivity index (χ3n) is 7.48. The van der Waals surface area contributed by atoms with E-state index < -0.39 is 11.9 Å². The summed E-state index contributed by atoms with van der Waals surface area (Å²) in [5.41, 5.74) is -1.18. The zero-order valence-electron chi connectivity index (χ0n) is 19.9. The molecule has 10 heteroatoms. The Balaban J connectivity index is 0.00000169. The first-order chi connectivity index (χ1) is 16.6. The number of halogens is 3. The van der Waals surface area contributed by atoms with Gasteiger partial charge in [0.2, 0.25) is 5.91 Å². The summed E-state index contributed by atoms with van der Waals surface area (Å²) in [4.78, 5) is 18.6. The Labute approximate surface area is 206 Å². The molecule has 1 amide bonds. The van der Waals surface area contributed by atoms with Crippen LogP contribution in [0.3, 0.4) is 0 Å². The topological polar surface area (TPSA) is 80.2 Å². The summed E-state index contributed by atoms with van der Waals surface area (Å²) >= 11 is 0. The molecule has 2 aromatic heterocycles. The van der Waals surface area contributed by atoms with E-state index in [2.05, 4.69) is 20.5 Å². The summed E-state index contributed by atoms with van der Waals surface area (Å²) in [6.45, 7) is 6.29. The lowest BCUT2D eigenvalue weighted by Crippen LogP contribution is -2.43. The smallest absolute Gasteiger partial charge is 0.376 e. The lowest BCUT2D eigenvalue weighted by molar-refractivity contribution is -0.144. The van der Waals surface area contributed by atoms with Crippen molar-refractivity contribution in [2.24, 2.45) is 17.8 Å². The molecule has 3 aliphatic rings. The van der Waals surface area contributed by atoms with Crippen molar-refractivity contribution in [2.45, 2.75) is 57.3 Å². The van der Waals surface area contributed by atoms with Crippen LogP contribution >= 0.6 is 0 Å². The van der Waals surface area contributed by atoms with Crippen LogP contribution in [-0.2, 0) is 15.7 Å². The van der Waals surface area contributed by atoms with Crippen molar-refractivity contribution >= 4 is 11.7 Å². The average molecular weight is 496 g/mol. The number of rotatable bonds is 4. The summed E-state index contributed by atoms with van der Waals surface area (Å²) in [5.74, 6) is 1.73. The Bertz CT molecular complexity index is 1080. The fourth-order valence-corrected chi connectivity index (χ4v) is 5.90. The normalized spacial score (nSPS) is 28.1. The van der Waals surface area contributed by atoms with E-state index in [4.69, 9.17) is 4.74 Å². The maximum atomic E-state index is 13.3. The number of nitrogens with one attached hydrogen (secondary N) is 1. The van der Waals surface area contributed by atoms with Crippen LogP contribution in [0.4, 0.5) is 19.0 Å². The zero-order chi connectivity index (χ0) is 24.8. The first-order valence-electron chi connectivity index (χ1n) is 12.1. The standard InChI is InChI=1S/C25H30F3N5O2.3H2/c1-24(2)12-15(7-9-35-24)23(34)33-13-16-10-18(11-17(16)14-33)30-21-6-5-20(31-32-21)19-4-3-8-29-22(19)25(26,27)28;;;/h3-6,8,15-18H,7,9-14H2,1-2H3,(H,30,32);3*1H. The molecule has 7 nitrogen and oxygen atoms in total. The second-order valence-corrected chi connectivity index (χ2v) is 10.6. The van der Waals surface area contributed by atoms with Crippen LogP contribution in [0.5, 0.6) is 0 Å². The Kier molecular flexibility index (Phi) is 6.19. The van der Waals surface area contributed by atoms with Crippen molar-refractivity contribution in [2.75, 3.05) is 25.0 Å². The number of hydrogen-bond donors (Lipinski definition) is 1. The van der Waals surface area contributed by atoms with Crippen LogP contribution in [0.2, 0.25) is 0 Å². The van der Waals surface area contributed by atoms with Crippen LogP contribution in [-0.4, -0.2) is 57.3 Å². The number of carbonyl (C=O) groups excluding carboxylic acids is 1. The summed E-state index contributed by atoms with van der Waals surface area (Å²) in [7, 11) is 0. The highest BCUT2D eigenvalue weighted by molar-refractivity contribution is 5.79. The van der Waals surface area contributed by atoms with E-state index in [1.54, 1.807) is 6.07 Å². The first-order valence-corrected chi connectivity index (χ1v) is 12.1. The lowest BCUT2D eigenvalue weighted by Gasteiger charge is -2.36. The molecule has 2 aromatic rings. The van der Waals surface area contributed by atoms with Gasteiger partial charge in [0, 0.05) is 47.7 Å². The Morgan fingerprint density at radius 3 is 2.54 bits per heavy atom. The van der Waals surface area contributed by atoms with E-state index in [0.717, 1.165) is 45.0 Å². The maximum Gasteiger partial charge on any atom is 0.434 e. The van der Waals surface area contributed by atoms with Gasteiger partial charge in [0.15, 0.2) is 5.69 Å². The number of ether oxygens (including phenoxy) is 1. The highest BCUT2D eigenvalue weighted by atomic mass is 19.4. The van der Waals surface area contributed by atoms with Gasteiger partial charge in [0.25, 0.3) is 0 Å². The van der Waals surface area contributed by atoms with Crippen LogP contribution in [0.25, 0.3) is 11.3 Å². The molecule has 1 aliphatic carbocycles. The second kappa shape index (κ2) is 9.04. The number of carbonyl (C=O) groups is 1. The molecule has 5 rings (SSSR count). The van der Waals surface area contributed by atoms with E-state index in [1.165, 1.54) is 18.2 Å². The van der Waals surface area contributed by atoms with Crippen molar-refractivity contribution in [3.8, 4) is 11.3 Å². The molecule has 35 heavy (non-hydrogen) atoms. The Morgan fingerprint density at radius 1 is 1.17 bits per heavy atom. The van der Waals surface area contributed by atoms with Crippen molar-refractivity contribution in [3.05, 3.63) is 36.2 Å². The first kappa shape index (κ1) is 24.0. The molecular weight excluding hydrogens is 459 g/mol. The summed E-state index contributed by atoms with van der Waals surface area (Å²) in [5, 5.41) is 11.5. The molecule has 3 unspecified atom stereocenters. The number of nitrogens with zero attached hydrogens (tertiary/aromatic N) is 4. The quantitative estimate of drug-likeness (QED) is 0.632. The third-order valence-corrected chi connectivity index (χ3v) is 7.48. The fraction of sp³-hybridized carbons (Fsp3) is 0.600. The number of aromatic nitrogens is 3. The minimum atomic E-state index is -4.56. The molecule has 2 saturated heterocycles. The van der Waals surface area contributed by atoms with Crippen molar-refractivity contribution in [1.29, 1.82) is 0 Å². The number of alkyl halides is 3. The summed E-state index contributed by atoms with van der Waals surface area (Å²) in [6.07, 6.45) is -0.0365. The summed E-state index contributed by atoms with van der Waals surface area (Å²) in [6, 6.07) is 6.19. The van der Waals surface area contributed by atoms with Gasteiger partial charge in [-0.1, -0.05) is 0 Å². The molecular formula is C25H36F3N5O2. The molecule has 0 radical (unpaired) electrons. The fourth-order valence-electron chi connectivity index (χ4n) is 5.90. The molecule has 0 spiro atoms. The highest BCUT2D eigenvalue weighted by Crippen LogP contribution is 2.41. The molecule has 3 atom stereocenters.